The third-order valence-electron chi connectivity index (χ3n) is 2.58. The van der Waals surface area contributed by atoms with Crippen molar-refractivity contribution >= 4 is 25.8 Å². The van der Waals surface area contributed by atoms with Gasteiger partial charge < -0.3 is 4.74 Å². The second-order valence-corrected chi connectivity index (χ2v) is 8.46. The topological polar surface area (TPSA) is 97.7 Å². The molecule has 0 aromatic carbocycles. The molecule has 7 nitrogen and oxygen atoms in total. The fourth-order valence-corrected chi connectivity index (χ4v) is 4.63. The molecular formula is C11H19N3O4S2. The van der Waals surface area contributed by atoms with Crippen LogP contribution in [0.2, 0.25) is 0 Å². The van der Waals surface area contributed by atoms with Gasteiger partial charge in [0.05, 0.1) is 16.8 Å². The smallest absolute Gasteiger partial charge is 0.351 e. The minimum Gasteiger partial charge on any atom is -0.493 e. The van der Waals surface area contributed by atoms with Gasteiger partial charge in [0.1, 0.15) is 0 Å². The molecule has 0 saturated carbocycles. The van der Waals surface area contributed by atoms with E-state index in [2.05, 4.69) is 13.5 Å². The Bertz CT molecular complexity index is 682. The van der Waals surface area contributed by atoms with Gasteiger partial charge in [-0.2, -0.15) is 8.42 Å². The molecule has 0 aliphatic carbocycles. The number of ether oxygens (including phenoxy) is 1. The maximum Gasteiger partial charge on any atom is 0.351 e. The van der Waals surface area contributed by atoms with Gasteiger partial charge in [-0.3, -0.25) is 0 Å². The summed E-state index contributed by atoms with van der Waals surface area (Å²) >= 11 is 0. The molecule has 9 heteroatoms. The van der Waals surface area contributed by atoms with Crippen LogP contribution in [0, 0.1) is 6.92 Å². The lowest BCUT2D eigenvalue weighted by Gasteiger charge is -2.10. The number of hydrogen-bond donors (Lipinski definition) is 1. The zero-order valence-electron chi connectivity index (χ0n) is 11.9. The van der Waals surface area contributed by atoms with Gasteiger partial charge in [-0.1, -0.05) is 17.6 Å². The number of hydrogen-bond acceptors (Lipinski definition) is 5. The normalized spacial score (nSPS) is 12.0. The Morgan fingerprint density at radius 3 is 2.35 bits per heavy atom. The summed E-state index contributed by atoms with van der Waals surface area (Å²) in [5.74, 6) is 0.644. The highest BCUT2D eigenvalue weighted by molar-refractivity contribution is 8.03. The zero-order chi connectivity index (χ0) is 15.4. The Balaban J connectivity index is 3.22. The first-order valence-corrected chi connectivity index (χ1v) is 9.32. The third-order valence-corrected chi connectivity index (χ3v) is 6.71. The van der Waals surface area contributed by atoms with Crippen LogP contribution < -0.4 is 9.46 Å². The summed E-state index contributed by atoms with van der Waals surface area (Å²) in [4.78, 5) is 4.04. The van der Waals surface area contributed by atoms with E-state index in [1.807, 2.05) is 0 Å². The SMILES string of the molecule is CCS(=O)(CC)=NS(=O)(=O)Nc1nc(C)ccc1OC. The number of pyridine rings is 1. The highest BCUT2D eigenvalue weighted by Gasteiger charge is 2.17. The van der Waals surface area contributed by atoms with E-state index in [1.54, 1.807) is 32.9 Å². The average Bonchev–Trinajstić information content (AvgIpc) is 2.37. The van der Waals surface area contributed by atoms with Gasteiger partial charge in [-0.05, 0) is 19.1 Å². The molecule has 0 amide bonds. The maximum atomic E-state index is 12.1. The molecule has 0 aliphatic rings. The molecule has 1 rings (SSSR count). The second-order valence-electron chi connectivity index (χ2n) is 4.01. The van der Waals surface area contributed by atoms with Crippen molar-refractivity contribution in [2.75, 3.05) is 23.3 Å². The molecule has 0 bridgehead atoms. The van der Waals surface area contributed by atoms with Crippen LogP contribution in [0.15, 0.2) is 15.9 Å². The highest BCUT2D eigenvalue weighted by atomic mass is 32.3. The van der Waals surface area contributed by atoms with E-state index in [0.717, 1.165) is 0 Å². The molecular weight excluding hydrogens is 302 g/mol. The molecule has 0 saturated heterocycles. The Labute approximate surface area is 120 Å². The summed E-state index contributed by atoms with van der Waals surface area (Å²) in [6.45, 7) is 4.99. The minimum atomic E-state index is -4.11. The molecule has 1 aromatic rings. The van der Waals surface area contributed by atoms with Crippen LogP contribution in [0.25, 0.3) is 0 Å². The summed E-state index contributed by atoms with van der Waals surface area (Å²) in [7, 11) is -5.47. The molecule has 0 radical (unpaired) electrons. The van der Waals surface area contributed by atoms with Gasteiger partial charge in [-0.25, -0.2) is 13.9 Å². The standard InChI is InChI=1S/C11H19N3O4S2/c1-5-19(15,6-2)14-20(16,17)13-11-10(18-4)8-7-9(3)12-11/h7-8H,5-6H2,1-4H3,(H,12,13). The molecule has 0 unspecified atom stereocenters. The number of aromatic nitrogens is 1. The molecule has 0 aliphatic heterocycles. The first kappa shape index (κ1) is 16.7. The van der Waals surface area contributed by atoms with Crippen LogP contribution in [0.3, 0.4) is 0 Å². The number of methoxy groups -OCH3 is 1. The Kier molecular flexibility index (Phi) is 5.35. The van der Waals surface area contributed by atoms with Gasteiger partial charge in [0.2, 0.25) is 0 Å². The third kappa shape index (κ3) is 4.34. The fourth-order valence-electron chi connectivity index (χ4n) is 1.41. The van der Waals surface area contributed by atoms with Crippen LogP contribution in [0.1, 0.15) is 19.5 Å². The summed E-state index contributed by atoms with van der Waals surface area (Å²) in [6.07, 6.45) is 0. The molecule has 0 atom stereocenters. The highest BCUT2D eigenvalue weighted by Crippen LogP contribution is 2.23. The van der Waals surface area contributed by atoms with Crippen molar-refractivity contribution in [2.45, 2.75) is 20.8 Å². The summed E-state index contributed by atoms with van der Waals surface area (Å²) < 4.78 is 46.7. The van der Waals surface area contributed by atoms with E-state index in [4.69, 9.17) is 4.74 Å². The monoisotopic (exact) mass is 321 g/mol. The fraction of sp³-hybridized carbons (Fsp3) is 0.545. The Morgan fingerprint density at radius 2 is 1.85 bits per heavy atom. The molecule has 0 fully saturated rings. The van der Waals surface area contributed by atoms with Crippen molar-refractivity contribution < 1.29 is 17.4 Å². The minimum absolute atomic E-state index is 0.0326. The van der Waals surface area contributed by atoms with Crippen LogP contribution in [-0.4, -0.2) is 36.2 Å². The van der Waals surface area contributed by atoms with E-state index in [0.29, 0.717) is 5.69 Å². The molecule has 1 aromatic heterocycles. The number of anilines is 1. The van der Waals surface area contributed by atoms with E-state index in [9.17, 15) is 12.6 Å². The number of rotatable bonds is 6. The molecule has 1 N–H and O–H groups in total. The lowest BCUT2D eigenvalue weighted by Crippen LogP contribution is -2.16. The number of aryl methyl sites for hydroxylation is 1. The van der Waals surface area contributed by atoms with E-state index >= 15 is 0 Å². The summed E-state index contributed by atoms with van der Waals surface area (Å²) in [6, 6.07) is 3.28. The molecule has 114 valence electrons. The van der Waals surface area contributed by atoms with Gasteiger partial charge in [0.15, 0.2) is 11.6 Å². The van der Waals surface area contributed by atoms with Crippen LogP contribution in [0.4, 0.5) is 5.82 Å². The van der Waals surface area contributed by atoms with E-state index in [1.165, 1.54) is 7.11 Å². The van der Waals surface area contributed by atoms with Crippen molar-refractivity contribution in [3.63, 3.8) is 0 Å². The van der Waals surface area contributed by atoms with E-state index < -0.39 is 19.9 Å². The van der Waals surface area contributed by atoms with Crippen LogP contribution >= 0.6 is 0 Å². The van der Waals surface area contributed by atoms with Gasteiger partial charge in [0.25, 0.3) is 0 Å². The number of nitrogens with zero attached hydrogens (tertiary/aromatic N) is 2. The lowest BCUT2D eigenvalue weighted by molar-refractivity contribution is 0.415. The predicted molar refractivity (Wildman–Crippen MR) is 79.7 cm³/mol. The van der Waals surface area contributed by atoms with Crippen LogP contribution in [0.5, 0.6) is 5.75 Å². The second kappa shape index (κ2) is 6.40. The lowest BCUT2D eigenvalue weighted by atomic mass is 10.3. The van der Waals surface area contributed by atoms with Gasteiger partial charge in [0, 0.05) is 17.2 Å². The Morgan fingerprint density at radius 1 is 1.25 bits per heavy atom. The van der Waals surface area contributed by atoms with Gasteiger partial charge >= 0.3 is 10.2 Å². The summed E-state index contributed by atoms with van der Waals surface area (Å²) in [5, 5.41) is 0. The van der Waals surface area contributed by atoms with Crippen molar-refractivity contribution in [3.05, 3.63) is 17.8 Å². The molecule has 1 heterocycles. The van der Waals surface area contributed by atoms with Crippen molar-refractivity contribution in [3.8, 4) is 5.75 Å². The predicted octanol–water partition coefficient (Wildman–Crippen LogP) is 1.56. The first-order valence-electron chi connectivity index (χ1n) is 6.03. The van der Waals surface area contributed by atoms with Crippen LogP contribution in [-0.2, 0) is 19.9 Å². The van der Waals surface area contributed by atoms with Crippen molar-refractivity contribution in [1.29, 1.82) is 0 Å². The molecule has 20 heavy (non-hydrogen) atoms. The van der Waals surface area contributed by atoms with Gasteiger partial charge in [-0.15, -0.1) is 0 Å². The quantitative estimate of drug-likeness (QED) is 0.857. The summed E-state index contributed by atoms with van der Waals surface area (Å²) in [5.41, 5.74) is 0.621. The van der Waals surface area contributed by atoms with Crippen molar-refractivity contribution in [1.82, 2.24) is 4.98 Å². The molecule has 0 spiro atoms. The zero-order valence-corrected chi connectivity index (χ0v) is 13.5. The number of nitrogens with one attached hydrogen (secondary N) is 1. The average molecular weight is 321 g/mol. The largest absolute Gasteiger partial charge is 0.493 e. The van der Waals surface area contributed by atoms with Crippen molar-refractivity contribution in [2.24, 2.45) is 3.77 Å². The van der Waals surface area contributed by atoms with E-state index in [-0.39, 0.29) is 23.1 Å². The Hall–Kier alpha value is -1.35. The maximum absolute atomic E-state index is 12.1. The first-order chi connectivity index (χ1) is 9.25.